The molecule has 1 aliphatic rings. The van der Waals surface area contributed by atoms with Gasteiger partial charge in [-0.05, 0) is 43.9 Å². The number of halogens is 3. The lowest BCUT2D eigenvalue weighted by Crippen LogP contribution is -2.17. The van der Waals surface area contributed by atoms with Gasteiger partial charge in [0.1, 0.15) is 29.2 Å². The third kappa shape index (κ3) is 4.44. The van der Waals surface area contributed by atoms with Gasteiger partial charge in [-0.1, -0.05) is 6.07 Å². The molecule has 32 heavy (non-hydrogen) atoms. The van der Waals surface area contributed by atoms with Crippen molar-refractivity contribution in [2.24, 2.45) is 5.92 Å². The summed E-state index contributed by atoms with van der Waals surface area (Å²) < 4.78 is 44.1. The molecule has 0 radical (unpaired) electrons. The molecule has 1 aromatic carbocycles. The topological polar surface area (TPSA) is 97.0 Å². The van der Waals surface area contributed by atoms with Crippen LogP contribution in [0.15, 0.2) is 30.3 Å². The van der Waals surface area contributed by atoms with Crippen LogP contribution in [0.25, 0.3) is 11.0 Å². The predicted molar refractivity (Wildman–Crippen MR) is 111 cm³/mol. The highest BCUT2D eigenvalue weighted by atomic mass is 19.4. The first-order chi connectivity index (χ1) is 15.3. The number of fused-ring (bicyclic) bond motifs is 1. The number of carbonyl (C=O) groups excluding carboxylic acids is 2. The number of aldehydes is 1. The fraction of sp³-hybridized carbons (Fsp3) is 0.364. The fourth-order valence-corrected chi connectivity index (χ4v) is 3.95. The van der Waals surface area contributed by atoms with Crippen LogP contribution in [-0.4, -0.2) is 34.3 Å². The van der Waals surface area contributed by atoms with E-state index in [1.807, 2.05) is 0 Å². The molecule has 7 nitrogen and oxygen atoms in total. The molecule has 0 aliphatic heterocycles. The van der Waals surface area contributed by atoms with Crippen LogP contribution in [-0.2, 0) is 11.0 Å². The van der Waals surface area contributed by atoms with E-state index in [1.165, 1.54) is 13.2 Å². The van der Waals surface area contributed by atoms with Gasteiger partial charge in [0, 0.05) is 17.9 Å². The van der Waals surface area contributed by atoms with Gasteiger partial charge in [-0.15, -0.1) is 0 Å². The van der Waals surface area contributed by atoms with E-state index in [9.17, 15) is 22.8 Å². The summed E-state index contributed by atoms with van der Waals surface area (Å²) in [6, 6.07) is 6.43. The maximum Gasteiger partial charge on any atom is 0.433 e. The smallest absolute Gasteiger partial charge is 0.433 e. The highest BCUT2D eigenvalue weighted by molar-refractivity contribution is 6.04. The van der Waals surface area contributed by atoms with Crippen molar-refractivity contribution in [3.8, 4) is 5.75 Å². The second kappa shape index (κ2) is 8.60. The molecule has 0 bridgehead atoms. The summed E-state index contributed by atoms with van der Waals surface area (Å²) >= 11 is 0. The number of aromatic nitrogens is 3. The number of pyridine rings is 1. The molecule has 3 aromatic rings. The van der Waals surface area contributed by atoms with Crippen molar-refractivity contribution in [2.45, 2.75) is 37.8 Å². The zero-order valence-electron chi connectivity index (χ0n) is 17.2. The Balaban J connectivity index is 1.59. The number of ether oxygens (including phenoxy) is 1. The van der Waals surface area contributed by atoms with Gasteiger partial charge in [0.25, 0.3) is 5.91 Å². The van der Waals surface area contributed by atoms with Crippen molar-refractivity contribution in [3.05, 3.63) is 47.5 Å². The molecular weight excluding hydrogens is 425 g/mol. The molecule has 10 heteroatoms. The number of nitrogens with zero attached hydrogens (tertiary/aromatic N) is 2. The zero-order valence-corrected chi connectivity index (χ0v) is 17.2. The van der Waals surface area contributed by atoms with Crippen LogP contribution in [0.1, 0.15) is 53.6 Å². The zero-order chi connectivity index (χ0) is 22.9. The molecule has 2 heterocycles. The van der Waals surface area contributed by atoms with Crippen LogP contribution in [0.2, 0.25) is 0 Å². The number of nitrogens with one attached hydrogen (secondary N) is 2. The lowest BCUT2D eigenvalue weighted by Gasteiger charge is -2.23. The Kier molecular flexibility index (Phi) is 5.86. The first kappa shape index (κ1) is 21.8. The number of methoxy groups -OCH3 is 1. The van der Waals surface area contributed by atoms with Crippen LogP contribution < -0.4 is 10.1 Å². The van der Waals surface area contributed by atoms with Gasteiger partial charge in [-0.3, -0.25) is 4.79 Å². The maximum absolute atomic E-state index is 12.9. The molecule has 1 aliphatic carbocycles. The first-order valence-electron chi connectivity index (χ1n) is 10.2. The molecule has 1 amide bonds. The number of hydrogen-bond acceptors (Lipinski definition) is 5. The molecule has 0 spiro atoms. The summed E-state index contributed by atoms with van der Waals surface area (Å²) in [6.45, 7) is 0. The minimum Gasteiger partial charge on any atom is -0.494 e. The number of rotatable bonds is 5. The van der Waals surface area contributed by atoms with Crippen molar-refractivity contribution >= 4 is 28.9 Å². The van der Waals surface area contributed by atoms with Crippen molar-refractivity contribution in [3.63, 3.8) is 0 Å². The number of alkyl halides is 3. The highest BCUT2D eigenvalue weighted by Gasteiger charge is 2.33. The van der Waals surface area contributed by atoms with Gasteiger partial charge in [-0.2, -0.15) is 13.2 Å². The summed E-state index contributed by atoms with van der Waals surface area (Å²) in [7, 11) is 1.42. The molecule has 2 N–H and O–H groups in total. The van der Waals surface area contributed by atoms with Crippen molar-refractivity contribution in [1.82, 2.24) is 15.0 Å². The maximum atomic E-state index is 12.9. The summed E-state index contributed by atoms with van der Waals surface area (Å²) in [5.41, 5.74) is 0.0773. The van der Waals surface area contributed by atoms with Gasteiger partial charge >= 0.3 is 6.18 Å². The first-order valence-corrected chi connectivity index (χ1v) is 10.2. The van der Waals surface area contributed by atoms with Gasteiger partial charge in [0.05, 0.1) is 23.8 Å². The summed E-state index contributed by atoms with van der Waals surface area (Å²) in [5.74, 6) is 0.634. The Hall–Kier alpha value is -3.43. The number of imidazole rings is 1. The Bertz CT molecular complexity index is 1150. The van der Waals surface area contributed by atoms with Crippen molar-refractivity contribution in [1.29, 1.82) is 0 Å². The molecule has 0 saturated heterocycles. The minimum atomic E-state index is -4.65. The van der Waals surface area contributed by atoms with Gasteiger partial charge < -0.3 is 19.8 Å². The molecule has 2 aromatic heterocycles. The quantitative estimate of drug-likeness (QED) is 0.554. The normalized spacial score (nSPS) is 19.0. The van der Waals surface area contributed by atoms with Crippen LogP contribution >= 0.6 is 0 Å². The van der Waals surface area contributed by atoms with Crippen LogP contribution in [0.4, 0.5) is 18.9 Å². The molecular formula is C22H21F3N4O3. The van der Waals surface area contributed by atoms with Gasteiger partial charge in [0.2, 0.25) is 0 Å². The predicted octanol–water partition coefficient (Wildman–Crippen LogP) is 4.71. The molecule has 4 rings (SSSR count). The largest absolute Gasteiger partial charge is 0.494 e. The van der Waals surface area contributed by atoms with E-state index in [4.69, 9.17) is 4.74 Å². The fourth-order valence-electron chi connectivity index (χ4n) is 3.95. The third-order valence-corrected chi connectivity index (χ3v) is 5.69. The van der Waals surface area contributed by atoms with Crippen molar-refractivity contribution < 1.29 is 27.5 Å². The lowest BCUT2D eigenvalue weighted by molar-refractivity contribution is -0.141. The van der Waals surface area contributed by atoms with E-state index < -0.39 is 17.8 Å². The minimum absolute atomic E-state index is 0.0991. The Morgan fingerprint density at radius 2 is 1.94 bits per heavy atom. The number of amides is 1. The highest BCUT2D eigenvalue weighted by Crippen LogP contribution is 2.36. The van der Waals surface area contributed by atoms with E-state index in [1.54, 1.807) is 12.1 Å². The van der Waals surface area contributed by atoms with E-state index >= 15 is 0 Å². The second-order valence-electron chi connectivity index (χ2n) is 7.80. The van der Waals surface area contributed by atoms with Crippen LogP contribution in [0.3, 0.4) is 0 Å². The van der Waals surface area contributed by atoms with E-state index in [0.717, 1.165) is 49.9 Å². The van der Waals surface area contributed by atoms with E-state index in [2.05, 4.69) is 20.3 Å². The summed E-state index contributed by atoms with van der Waals surface area (Å²) in [5, 5.41) is 2.57. The van der Waals surface area contributed by atoms with Crippen LogP contribution in [0, 0.1) is 5.92 Å². The Morgan fingerprint density at radius 3 is 2.59 bits per heavy atom. The lowest BCUT2D eigenvalue weighted by atomic mass is 9.82. The summed E-state index contributed by atoms with van der Waals surface area (Å²) in [4.78, 5) is 34.9. The second-order valence-corrected chi connectivity index (χ2v) is 7.80. The van der Waals surface area contributed by atoms with Gasteiger partial charge in [-0.25, -0.2) is 9.97 Å². The molecule has 1 fully saturated rings. The van der Waals surface area contributed by atoms with Gasteiger partial charge in [0.15, 0.2) is 0 Å². The summed E-state index contributed by atoms with van der Waals surface area (Å²) in [6.07, 6.45) is -0.298. The SMILES string of the molecule is COc1cc2nc([C@H]3CC[C@H](C=O)CC3)[nH]c2cc1NC(=O)c1cccc(C(F)(F)F)n1. The van der Waals surface area contributed by atoms with E-state index in [0.29, 0.717) is 16.8 Å². The number of carbonyl (C=O) groups is 2. The average molecular weight is 446 g/mol. The number of benzene rings is 1. The number of anilines is 1. The molecule has 168 valence electrons. The van der Waals surface area contributed by atoms with Crippen molar-refractivity contribution in [2.75, 3.05) is 12.4 Å². The monoisotopic (exact) mass is 446 g/mol. The Morgan fingerprint density at radius 1 is 1.19 bits per heavy atom. The standard InChI is InChI=1S/C22H21F3N4O3/c1-32-18-10-16-15(27-20(28-16)13-7-5-12(11-30)6-8-13)9-17(18)29-21(31)14-3-2-4-19(26-14)22(23,24)25/h2-4,9-13H,5-8H2,1H3,(H,27,28)(H,29,31)/t12-,13-. The number of hydrogen-bond donors (Lipinski definition) is 2. The Labute approximate surface area is 181 Å². The third-order valence-electron chi connectivity index (χ3n) is 5.69. The molecule has 1 saturated carbocycles. The molecule has 0 unspecified atom stereocenters. The van der Waals surface area contributed by atoms with E-state index in [-0.39, 0.29) is 23.2 Å². The number of aromatic amines is 1. The molecule has 0 atom stereocenters. The average Bonchev–Trinajstić information content (AvgIpc) is 3.21. The van der Waals surface area contributed by atoms with Crippen LogP contribution in [0.5, 0.6) is 5.75 Å². The number of H-pyrrole nitrogens is 1.